The second-order valence-corrected chi connectivity index (χ2v) is 7.05. The maximum absolute atomic E-state index is 11.5. The van der Waals surface area contributed by atoms with E-state index < -0.39 is 5.60 Å². The Kier molecular flexibility index (Phi) is 5.40. The van der Waals surface area contributed by atoms with Gasteiger partial charge in [-0.05, 0) is 42.9 Å². The summed E-state index contributed by atoms with van der Waals surface area (Å²) in [4.78, 5) is 2.40. The zero-order valence-corrected chi connectivity index (χ0v) is 13.9. The molecular formula is C18H26ClNO2. The van der Waals surface area contributed by atoms with E-state index in [4.69, 9.17) is 16.3 Å². The topological polar surface area (TPSA) is 32.7 Å². The van der Waals surface area contributed by atoms with E-state index in [1.165, 1.54) is 12.8 Å². The first-order valence-corrected chi connectivity index (χ1v) is 8.85. The minimum Gasteiger partial charge on any atom is -0.385 e. The number of nitrogens with zero attached hydrogens (tertiary/aromatic N) is 1. The number of hydrogen-bond donors (Lipinski definition) is 1. The maximum Gasteiger partial charge on any atom is 0.0936 e. The molecule has 22 heavy (non-hydrogen) atoms. The molecule has 1 aromatic carbocycles. The van der Waals surface area contributed by atoms with Crippen LogP contribution in [-0.2, 0) is 10.3 Å². The largest absolute Gasteiger partial charge is 0.385 e. The lowest BCUT2D eigenvalue weighted by atomic mass is 9.77. The SMILES string of the molecule is OC(CCN1CCOCC1)(c1ccc(Cl)cc1)C1CCCC1. The molecule has 1 unspecified atom stereocenters. The Morgan fingerprint density at radius 1 is 1.14 bits per heavy atom. The molecule has 3 nitrogen and oxygen atoms in total. The predicted molar refractivity (Wildman–Crippen MR) is 89.2 cm³/mol. The third-order valence-electron chi connectivity index (χ3n) is 5.29. The van der Waals surface area contributed by atoms with Crippen LogP contribution in [0.3, 0.4) is 0 Å². The van der Waals surface area contributed by atoms with Crippen LogP contribution in [0, 0.1) is 5.92 Å². The van der Waals surface area contributed by atoms with Crippen molar-refractivity contribution in [3.8, 4) is 0 Å². The van der Waals surface area contributed by atoms with Crippen molar-refractivity contribution in [1.29, 1.82) is 0 Å². The number of halogens is 1. The molecule has 1 saturated carbocycles. The molecule has 1 atom stereocenters. The Hall–Kier alpha value is -0.610. The van der Waals surface area contributed by atoms with E-state index in [1.807, 2.05) is 24.3 Å². The Labute approximate surface area is 138 Å². The van der Waals surface area contributed by atoms with Gasteiger partial charge in [-0.2, -0.15) is 0 Å². The number of hydrogen-bond acceptors (Lipinski definition) is 3. The number of aliphatic hydroxyl groups is 1. The molecule has 0 bridgehead atoms. The van der Waals surface area contributed by atoms with Gasteiger partial charge in [-0.3, -0.25) is 4.90 Å². The lowest BCUT2D eigenvalue weighted by molar-refractivity contribution is -0.0449. The lowest BCUT2D eigenvalue weighted by Crippen LogP contribution is -2.42. The molecule has 1 saturated heterocycles. The Morgan fingerprint density at radius 3 is 2.41 bits per heavy atom. The zero-order valence-electron chi connectivity index (χ0n) is 13.1. The molecule has 3 rings (SSSR count). The van der Waals surface area contributed by atoms with Gasteiger partial charge >= 0.3 is 0 Å². The van der Waals surface area contributed by atoms with E-state index in [2.05, 4.69) is 4.90 Å². The van der Waals surface area contributed by atoms with Crippen molar-refractivity contribution in [1.82, 2.24) is 4.90 Å². The summed E-state index contributed by atoms with van der Waals surface area (Å²) >= 11 is 6.02. The van der Waals surface area contributed by atoms with Crippen molar-refractivity contribution < 1.29 is 9.84 Å². The van der Waals surface area contributed by atoms with Crippen molar-refractivity contribution >= 4 is 11.6 Å². The minimum absolute atomic E-state index is 0.370. The van der Waals surface area contributed by atoms with Crippen LogP contribution in [-0.4, -0.2) is 42.9 Å². The van der Waals surface area contributed by atoms with Gasteiger partial charge < -0.3 is 9.84 Å². The van der Waals surface area contributed by atoms with Gasteiger partial charge in [0.25, 0.3) is 0 Å². The van der Waals surface area contributed by atoms with E-state index in [9.17, 15) is 5.11 Å². The Balaban J connectivity index is 1.74. The Bertz CT molecular complexity index is 466. The first-order valence-electron chi connectivity index (χ1n) is 8.47. The van der Waals surface area contributed by atoms with E-state index in [0.29, 0.717) is 5.92 Å². The zero-order chi connectivity index (χ0) is 15.4. The summed E-state index contributed by atoms with van der Waals surface area (Å²) in [6.45, 7) is 4.49. The molecule has 0 spiro atoms. The third-order valence-corrected chi connectivity index (χ3v) is 5.54. The van der Waals surface area contributed by atoms with E-state index in [1.54, 1.807) is 0 Å². The summed E-state index contributed by atoms with van der Waals surface area (Å²) < 4.78 is 5.41. The van der Waals surface area contributed by atoms with Crippen LogP contribution in [0.4, 0.5) is 0 Å². The Morgan fingerprint density at radius 2 is 1.77 bits per heavy atom. The van der Waals surface area contributed by atoms with Gasteiger partial charge in [-0.15, -0.1) is 0 Å². The summed E-state index contributed by atoms with van der Waals surface area (Å²) in [5, 5.41) is 12.2. The van der Waals surface area contributed by atoms with Crippen molar-refractivity contribution in [2.45, 2.75) is 37.7 Å². The van der Waals surface area contributed by atoms with Crippen molar-refractivity contribution in [2.24, 2.45) is 5.92 Å². The van der Waals surface area contributed by atoms with Crippen LogP contribution in [0.15, 0.2) is 24.3 Å². The molecule has 1 heterocycles. The molecule has 122 valence electrons. The van der Waals surface area contributed by atoms with E-state index in [-0.39, 0.29) is 0 Å². The smallest absolute Gasteiger partial charge is 0.0936 e. The van der Waals surface area contributed by atoms with Gasteiger partial charge in [0.2, 0.25) is 0 Å². The number of rotatable bonds is 5. The van der Waals surface area contributed by atoms with Gasteiger partial charge in [-0.25, -0.2) is 0 Å². The summed E-state index contributed by atoms with van der Waals surface area (Å²) in [7, 11) is 0. The summed E-state index contributed by atoms with van der Waals surface area (Å²) in [5.41, 5.74) is 0.302. The fourth-order valence-corrected chi connectivity index (χ4v) is 4.01. The highest BCUT2D eigenvalue weighted by atomic mass is 35.5. The normalized spacial score (nSPS) is 23.5. The molecule has 2 aliphatic rings. The highest BCUT2D eigenvalue weighted by Crippen LogP contribution is 2.43. The van der Waals surface area contributed by atoms with Crippen molar-refractivity contribution in [3.05, 3.63) is 34.9 Å². The average Bonchev–Trinajstić information content (AvgIpc) is 3.09. The molecule has 0 radical (unpaired) electrons. The number of benzene rings is 1. The fraction of sp³-hybridized carbons (Fsp3) is 0.667. The standard InChI is InChI=1S/C18H26ClNO2/c19-17-7-5-16(6-8-17)18(21,15-3-1-2-4-15)9-10-20-11-13-22-14-12-20/h5-8,15,21H,1-4,9-14H2. The molecule has 0 amide bonds. The highest BCUT2D eigenvalue weighted by molar-refractivity contribution is 6.30. The molecule has 1 aliphatic carbocycles. The molecule has 0 aromatic heterocycles. The molecule has 1 N–H and O–H groups in total. The number of ether oxygens (including phenoxy) is 1. The third kappa shape index (κ3) is 3.65. The van der Waals surface area contributed by atoms with Crippen molar-refractivity contribution in [2.75, 3.05) is 32.8 Å². The molecule has 2 fully saturated rings. The van der Waals surface area contributed by atoms with Gasteiger partial charge in [0, 0.05) is 24.7 Å². The van der Waals surface area contributed by atoms with Crippen LogP contribution in [0.2, 0.25) is 5.02 Å². The summed E-state index contributed by atoms with van der Waals surface area (Å²) in [6.07, 6.45) is 5.51. The molecule has 4 heteroatoms. The van der Waals surface area contributed by atoms with Gasteiger partial charge in [0.1, 0.15) is 0 Å². The quantitative estimate of drug-likeness (QED) is 0.901. The van der Waals surface area contributed by atoms with Gasteiger partial charge in [-0.1, -0.05) is 36.6 Å². The molecule has 1 aliphatic heterocycles. The minimum atomic E-state index is -0.723. The fourth-order valence-electron chi connectivity index (χ4n) is 3.88. The van der Waals surface area contributed by atoms with Crippen LogP contribution >= 0.6 is 11.6 Å². The second kappa shape index (κ2) is 7.31. The van der Waals surface area contributed by atoms with Gasteiger partial charge in [0.05, 0.1) is 18.8 Å². The van der Waals surface area contributed by atoms with Crippen LogP contribution in [0.1, 0.15) is 37.7 Å². The van der Waals surface area contributed by atoms with E-state index in [0.717, 1.165) is 62.7 Å². The molecule has 1 aromatic rings. The summed E-state index contributed by atoms with van der Waals surface area (Å²) in [5.74, 6) is 0.370. The average molecular weight is 324 g/mol. The van der Waals surface area contributed by atoms with Crippen LogP contribution in [0.5, 0.6) is 0 Å². The van der Waals surface area contributed by atoms with Crippen LogP contribution < -0.4 is 0 Å². The number of morpholine rings is 1. The lowest BCUT2D eigenvalue weighted by Gasteiger charge is -2.37. The first kappa shape index (κ1) is 16.3. The van der Waals surface area contributed by atoms with Crippen molar-refractivity contribution in [3.63, 3.8) is 0 Å². The van der Waals surface area contributed by atoms with E-state index >= 15 is 0 Å². The summed E-state index contributed by atoms with van der Waals surface area (Å²) in [6, 6.07) is 7.79. The monoisotopic (exact) mass is 323 g/mol. The highest BCUT2D eigenvalue weighted by Gasteiger charge is 2.39. The van der Waals surface area contributed by atoms with Crippen LogP contribution in [0.25, 0.3) is 0 Å². The second-order valence-electron chi connectivity index (χ2n) is 6.62. The maximum atomic E-state index is 11.5. The molecular weight excluding hydrogens is 298 g/mol. The van der Waals surface area contributed by atoms with Gasteiger partial charge in [0.15, 0.2) is 0 Å². The first-order chi connectivity index (χ1) is 10.7. The predicted octanol–water partition coefficient (Wildman–Crippen LogP) is 3.44.